The van der Waals surface area contributed by atoms with E-state index in [4.69, 9.17) is 5.73 Å². The Balaban J connectivity index is 3.95. The molecule has 0 aromatic heterocycles. The van der Waals surface area contributed by atoms with Gasteiger partial charge in [-0.1, -0.05) is 34.1 Å². The topological polar surface area (TPSA) is 26.0 Å². The SMILES string of the molecule is CCCC(CC(C)(C)C)C(C)N. The van der Waals surface area contributed by atoms with Crippen LogP contribution in [0, 0.1) is 11.3 Å². The average Bonchev–Trinajstić information content (AvgIpc) is 1.83. The maximum absolute atomic E-state index is 5.93. The van der Waals surface area contributed by atoms with Gasteiger partial charge in [0.15, 0.2) is 0 Å². The van der Waals surface area contributed by atoms with Crippen LogP contribution in [0.1, 0.15) is 53.9 Å². The summed E-state index contributed by atoms with van der Waals surface area (Å²) in [7, 11) is 0. The van der Waals surface area contributed by atoms with Gasteiger partial charge in [-0.3, -0.25) is 0 Å². The third-order valence-corrected chi connectivity index (χ3v) is 2.28. The summed E-state index contributed by atoms with van der Waals surface area (Å²) in [6.07, 6.45) is 3.77. The monoisotopic (exact) mass is 171 g/mol. The number of hydrogen-bond donors (Lipinski definition) is 1. The fraction of sp³-hybridized carbons (Fsp3) is 1.00. The summed E-state index contributed by atoms with van der Waals surface area (Å²) in [5, 5.41) is 0. The lowest BCUT2D eigenvalue weighted by atomic mass is 9.80. The molecule has 1 nitrogen and oxygen atoms in total. The highest BCUT2D eigenvalue weighted by Gasteiger charge is 2.20. The predicted octanol–water partition coefficient (Wildman–Crippen LogP) is 3.19. The quantitative estimate of drug-likeness (QED) is 0.690. The minimum Gasteiger partial charge on any atom is -0.328 e. The molecule has 0 aliphatic carbocycles. The normalized spacial score (nSPS) is 17.5. The molecule has 2 atom stereocenters. The molecule has 0 radical (unpaired) electrons. The van der Waals surface area contributed by atoms with E-state index in [2.05, 4.69) is 34.6 Å². The van der Waals surface area contributed by atoms with Gasteiger partial charge in [-0.15, -0.1) is 0 Å². The molecule has 74 valence electrons. The Morgan fingerprint density at radius 3 is 2.00 bits per heavy atom. The summed E-state index contributed by atoms with van der Waals surface area (Å²) >= 11 is 0. The maximum Gasteiger partial charge on any atom is 0.00389 e. The Bertz CT molecular complexity index is 111. The molecule has 0 spiro atoms. The van der Waals surface area contributed by atoms with E-state index >= 15 is 0 Å². The fourth-order valence-corrected chi connectivity index (χ4v) is 1.71. The molecule has 0 bridgehead atoms. The van der Waals surface area contributed by atoms with Gasteiger partial charge >= 0.3 is 0 Å². The van der Waals surface area contributed by atoms with Crippen LogP contribution < -0.4 is 5.73 Å². The van der Waals surface area contributed by atoms with Crippen molar-refractivity contribution in [2.75, 3.05) is 0 Å². The van der Waals surface area contributed by atoms with Crippen LogP contribution >= 0.6 is 0 Å². The molecular formula is C11H25N. The van der Waals surface area contributed by atoms with Crippen molar-refractivity contribution in [2.45, 2.75) is 59.9 Å². The molecule has 2 N–H and O–H groups in total. The molecule has 1 heteroatoms. The van der Waals surface area contributed by atoms with Crippen molar-refractivity contribution in [1.82, 2.24) is 0 Å². The first-order chi connectivity index (χ1) is 5.37. The molecule has 0 saturated carbocycles. The van der Waals surface area contributed by atoms with Crippen LogP contribution in [0.2, 0.25) is 0 Å². The smallest absolute Gasteiger partial charge is 0.00389 e. The van der Waals surface area contributed by atoms with Crippen LogP contribution in [-0.4, -0.2) is 6.04 Å². The van der Waals surface area contributed by atoms with Gasteiger partial charge in [-0.05, 0) is 31.1 Å². The Hall–Kier alpha value is -0.0400. The Labute approximate surface area is 77.7 Å². The van der Waals surface area contributed by atoms with E-state index in [1.165, 1.54) is 19.3 Å². The summed E-state index contributed by atoms with van der Waals surface area (Å²) < 4.78 is 0. The third-order valence-electron chi connectivity index (χ3n) is 2.28. The van der Waals surface area contributed by atoms with Crippen molar-refractivity contribution in [3.63, 3.8) is 0 Å². The Kier molecular flexibility index (Phi) is 4.84. The van der Waals surface area contributed by atoms with E-state index in [0.29, 0.717) is 17.4 Å². The van der Waals surface area contributed by atoms with Gasteiger partial charge in [0.1, 0.15) is 0 Å². The van der Waals surface area contributed by atoms with Crippen molar-refractivity contribution in [2.24, 2.45) is 17.1 Å². The second-order valence-electron chi connectivity index (χ2n) is 5.17. The van der Waals surface area contributed by atoms with Crippen LogP contribution in [0.5, 0.6) is 0 Å². The summed E-state index contributed by atoms with van der Waals surface area (Å²) in [5.41, 5.74) is 6.35. The summed E-state index contributed by atoms with van der Waals surface area (Å²) in [5.74, 6) is 0.704. The Morgan fingerprint density at radius 1 is 1.25 bits per heavy atom. The van der Waals surface area contributed by atoms with Gasteiger partial charge < -0.3 is 5.73 Å². The maximum atomic E-state index is 5.93. The molecule has 12 heavy (non-hydrogen) atoms. The van der Waals surface area contributed by atoms with Gasteiger partial charge in [-0.25, -0.2) is 0 Å². The zero-order valence-electron chi connectivity index (χ0n) is 9.35. The van der Waals surface area contributed by atoms with Crippen molar-refractivity contribution in [3.8, 4) is 0 Å². The van der Waals surface area contributed by atoms with E-state index in [1.807, 2.05) is 0 Å². The van der Waals surface area contributed by atoms with Crippen molar-refractivity contribution < 1.29 is 0 Å². The van der Waals surface area contributed by atoms with Gasteiger partial charge in [0, 0.05) is 6.04 Å². The summed E-state index contributed by atoms with van der Waals surface area (Å²) in [6.45, 7) is 11.2. The fourth-order valence-electron chi connectivity index (χ4n) is 1.71. The molecule has 0 aliphatic heterocycles. The van der Waals surface area contributed by atoms with E-state index in [9.17, 15) is 0 Å². The largest absolute Gasteiger partial charge is 0.328 e. The average molecular weight is 171 g/mol. The molecule has 0 heterocycles. The molecule has 0 aliphatic rings. The van der Waals surface area contributed by atoms with Gasteiger partial charge in [0.05, 0.1) is 0 Å². The highest BCUT2D eigenvalue weighted by Crippen LogP contribution is 2.28. The second-order valence-corrected chi connectivity index (χ2v) is 5.17. The minimum atomic E-state index is 0.351. The van der Waals surface area contributed by atoms with E-state index in [0.717, 1.165) is 0 Å². The lowest BCUT2D eigenvalue weighted by Crippen LogP contribution is -2.29. The van der Waals surface area contributed by atoms with E-state index in [-0.39, 0.29) is 0 Å². The molecule has 0 amide bonds. The van der Waals surface area contributed by atoms with E-state index in [1.54, 1.807) is 0 Å². The van der Waals surface area contributed by atoms with Gasteiger partial charge in [-0.2, -0.15) is 0 Å². The number of nitrogens with two attached hydrogens (primary N) is 1. The van der Waals surface area contributed by atoms with Crippen molar-refractivity contribution in [1.29, 1.82) is 0 Å². The molecule has 0 aromatic rings. The van der Waals surface area contributed by atoms with Crippen LogP contribution in [0.15, 0.2) is 0 Å². The lowest BCUT2D eigenvalue weighted by Gasteiger charge is -2.28. The first-order valence-corrected chi connectivity index (χ1v) is 5.12. The van der Waals surface area contributed by atoms with Crippen LogP contribution in [0.3, 0.4) is 0 Å². The van der Waals surface area contributed by atoms with Gasteiger partial charge in [0.2, 0.25) is 0 Å². The van der Waals surface area contributed by atoms with Gasteiger partial charge in [0.25, 0.3) is 0 Å². The molecule has 2 unspecified atom stereocenters. The van der Waals surface area contributed by atoms with Crippen LogP contribution in [0.4, 0.5) is 0 Å². The first-order valence-electron chi connectivity index (χ1n) is 5.12. The summed E-state index contributed by atoms with van der Waals surface area (Å²) in [6, 6.07) is 0.351. The predicted molar refractivity (Wildman–Crippen MR) is 56.1 cm³/mol. The van der Waals surface area contributed by atoms with Crippen molar-refractivity contribution in [3.05, 3.63) is 0 Å². The number of hydrogen-bond acceptors (Lipinski definition) is 1. The number of rotatable bonds is 4. The zero-order valence-corrected chi connectivity index (χ0v) is 9.35. The van der Waals surface area contributed by atoms with Crippen LogP contribution in [0.25, 0.3) is 0 Å². The molecular weight excluding hydrogens is 146 g/mol. The highest BCUT2D eigenvalue weighted by molar-refractivity contribution is 4.74. The molecule has 0 aromatic carbocycles. The van der Waals surface area contributed by atoms with Crippen LogP contribution in [-0.2, 0) is 0 Å². The zero-order chi connectivity index (χ0) is 9.78. The second kappa shape index (κ2) is 4.86. The molecule has 0 fully saturated rings. The molecule has 0 rings (SSSR count). The van der Waals surface area contributed by atoms with E-state index < -0.39 is 0 Å². The summed E-state index contributed by atoms with van der Waals surface area (Å²) in [4.78, 5) is 0. The first kappa shape index (κ1) is 12.0. The Morgan fingerprint density at radius 2 is 1.75 bits per heavy atom. The standard InChI is InChI=1S/C11H25N/c1-6-7-10(9(2)12)8-11(3,4)5/h9-10H,6-8,12H2,1-5H3. The molecule has 0 saturated heterocycles. The highest BCUT2D eigenvalue weighted by atomic mass is 14.6. The lowest BCUT2D eigenvalue weighted by molar-refractivity contribution is 0.255. The van der Waals surface area contributed by atoms with Crippen molar-refractivity contribution >= 4 is 0 Å². The third kappa shape index (κ3) is 5.59. The minimum absolute atomic E-state index is 0.351.